The van der Waals surface area contributed by atoms with Gasteiger partial charge in [0, 0.05) is 23.5 Å². The van der Waals surface area contributed by atoms with E-state index in [0.717, 1.165) is 33.0 Å². The molecule has 2 atom stereocenters. The lowest BCUT2D eigenvalue weighted by Crippen LogP contribution is -2.20. The zero-order valence-corrected chi connectivity index (χ0v) is 17.7. The Labute approximate surface area is 182 Å². The van der Waals surface area contributed by atoms with Crippen LogP contribution in [0.1, 0.15) is 31.7 Å². The Morgan fingerprint density at radius 3 is 1.74 bits per heavy atom. The summed E-state index contributed by atoms with van der Waals surface area (Å²) >= 11 is 0. The van der Waals surface area contributed by atoms with E-state index in [4.69, 9.17) is 0 Å². The van der Waals surface area contributed by atoms with E-state index in [1.807, 2.05) is 85.8 Å². The van der Waals surface area contributed by atoms with Gasteiger partial charge in [-0.05, 0) is 34.4 Å². The van der Waals surface area contributed by atoms with Crippen LogP contribution in [0, 0.1) is 0 Å². The number of fused-ring (bicyclic) bond motifs is 1. The number of phenols is 1. The van der Waals surface area contributed by atoms with Gasteiger partial charge < -0.3 is 10.2 Å². The second kappa shape index (κ2) is 8.75. The summed E-state index contributed by atoms with van der Waals surface area (Å²) in [6, 6.07) is 27.7. The fourth-order valence-corrected chi connectivity index (χ4v) is 4.36. The highest BCUT2D eigenvalue weighted by Crippen LogP contribution is 2.49. The molecular formula is C28H26O3. The first-order chi connectivity index (χ1) is 15.0. The van der Waals surface area contributed by atoms with Crippen LogP contribution >= 0.6 is 0 Å². The predicted molar refractivity (Wildman–Crippen MR) is 126 cm³/mol. The Hall–Kier alpha value is -3.43. The Morgan fingerprint density at radius 1 is 0.774 bits per heavy atom. The number of carbonyl (C=O) groups excluding carboxylic acids is 1. The monoisotopic (exact) mass is 410 g/mol. The van der Waals surface area contributed by atoms with Crippen molar-refractivity contribution in [1.29, 1.82) is 0 Å². The first kappa shape index (κ1) is 20.8. The average Bonchev–Trinajstić information content (AvgIpc) is 2.78. The van der Waals surface area contributed by atoms with Gasteiger partial charge in [-0.25, -0.2) is 0 Å². The average molecular weight is 411 g/mol. The lowest BCUT2D eigenvalue weighted by Gasteiger charge is -2.26. The van der Waals surface area contributed by atoms with E-state index < -0.39 is 12.0 Å². The molecular weight excluding hydrogens is 384 g/mol. The fourth-order valence-electron chi connectivity index (χ4n) is 4.36. The van der Waals surface area contributed by atoms with Gasteiger partial charge in [0.05, 0.1) is 6.10 Å². The van der Waals surface area contributed by atoms with Gasteiger partial charge in [-0.2, -0.15) is 0 Å². The molecule has 0 aromatic heterocycles. The van der Waals surface area contributed by atoms with Crippen molar-refractivity contribution in [2.45, 2.75) is 32.3 Å². The van der Waals surface area contributed by atoms with Crippen molar-refractivity contribution in [2.75, 3.05) is 0 Å². The number of carbonyl (C=O) groups is 1. The van der Waals surface area contributed by atoms with Crippen molar-refractivity contribution >= 4 is 16.6 Å². The Kier molecular flexibility index (Phi) is 5.88. The number of hydrogen-bond donors (Lipinski definition) is 2. The van der Waals surface area contributed by atoms with E-state index in [2.05, 4.69) is 6.07 Å². The summed E-state index contributed by atoms with van der Waals surface area (Å²) in [7, 11) is 0. The largest absolute Gasteiger partial charge is 0.507 e. The van der Waals surface area contributed by atoms with Crippen molar-refractivity contribution in [3.05, 3.63) is 90.5 Å². The predicted octanol–water partition coefficient (Wildman–Crippen LogP) is 6.32. The van der Waals surface area contributed by atoms with Crippen LogP contribution in [0.4, 0.5) is 0 Å². The molecule has 4 rings (SSSR count). The number of phenolic OH excluding ortho intramolecular Hbond substituents is 1. The van der Waals surface area contributed by atoms with E-state index in [9.17, 15) is 15.0 Å². The SMILES string of the molecule is CC(=O)CC(O)C(C)c1c(O)c(-c2ccccc2)c2ccccc2c1-c1ccccc1. The lowest BCUT2D eigenvalue weighted by atomic mass is 9.80. The maximum atomic E-state index is 11.7. The molecule has 0 saturated heterocycles. The number of ketones is 1. The summed E-state index contributed by atoms with van der Waals surface area (Å²) in [4.78, 5) is 11.7. The van der Waals surface area contributed by atoms with Gasteiger partial charge in [-0.1, -0.05) is 91.9 Å². The molecule has 0 aliphatic rings. The van der Waals surface area contributed by atoms with Gasteiger partial charge in [0.25, 0.3) is 0 Å². The molecule has 0 radical (unpaired) electrons. The van der Waals surface area contributed by atoms with Gasteiger partial charge in [0.1, 0.15) is 11.5 Å². The lowest BCUT2D eigenvalue weighted by molar-refractivity contribution is -0.119. The summed E-state index contributed by atoms with van der Waals surface area (Å²) in [5.74, 6) is -0.366. The molecule has 0 aliphatic carbocycles. The molecule has 2 unspecified atom stereocenters. The molecule has 31 heavy (non-hydrogen) atoms. The highest BCUT2D eigenvalue weighted by molar-refractivity contribution is 6.09. The first-order valence-electron chi connectivity index (χ1n) is 10.5. The maximum Gasteiger partial charge on any atom is 0.132 e. The van der Waals surface area contributed by atoms with Gasteiger partial charge in [-0.15, -0.1) is 0 Å². The van der Waals surface area contributed by atoms with Gasteiger partial charge in [0.15, 0.2) is 0 Å². The number of aromatic hydroxyl groups is 1. The molecule has 0 bridgehead atoms. The highest BCUT2D eigenvalue weighted by Gasteiger charge is 2.28. The highest BCUT2D eigenvalue weighted by atomic mass is 16.3. The molecule has 0 spiro atoms. The molecule has 2 N–H and O–H groups in total. The van der Waals surface area contributed by atoms with Crippen LogP contribution in [-0.4, -0.2) is 22.1 Å². The molecule has 0 heterocycles. The summed E-state index contributed by atoms with van der Waals surface area (Å²) in [6.45, 7) is 3.35. The zero-order chi connectivity index (χ0) is 22.0. The molecule has 0 saturated carbocycles. The summed E-state index contributed by atoms with van der Waals surface area (Å²) in [5.41, 5.74) is 4.17. The van der Waals surface area contributed by atoms with Crippen LogP contribution in [0.5, 0.6) is 5.75 Å². The van der Waals surface area contributed by atoms with Crippen molar-refractivity contribution < 1.29 is 15.0 Å². The van der Waals surface area contributed by atoms with Crippen LogP contribution in [0.3, 0.4) is 0 Å². The van der Waals surface area contributed by atoms with Crippen LogP contribution in [0.25, 0.3) is 33.0 Å². The van der Waals surface area contributed by atoms with Crippen LogP contribution < -0.4 is 0 Å². The smallest absolute Gasteiger partial charge is 0.132 e. The molecule has 3 heteroatoms. The van der Waals surface area contributed by atoms with Crippen molar-refractivity contribution in [3.63, 3.8) is 0 Å². The number of aliphatic hydroxyl groups excluding tert-OH is 1. The number of aliphatic hydroxyl groups is 1. The summed E-state index contributed by atoms with van der Waals surface area (Å²) in [5, 5.41) is 24.4. The Bertz CT molecular complexity index is 1210. The number of hydrogen-bond acceptors (Lipinski definition) is 3. The number of benzene rings is 4. The standard InChI is InChI=1S/C28H26O3/c1-18(29)17-24(30)19(2)25-26(20-11-5-3-6-12-20)22-15-9-10-16-23(22)27(28(25)31)21-13-7-4-8-14-21/h3-16,19,24,30-31H,17H2,1-2H3. The Morgan fingerprint density at radius 2 is 1.23 bits per heavy atom. The molecule has 0 aliphatic heterocycles. The maximum absolute atomic E-state index is 11.7. The molecule has 0 amide bonds. The van der Waals surface area contributed by atoms with E-state index in [0.29, 0.717) is 5.56 Å². The molecule has 4 aromatic rings. The van der Waals surface area contributed by atoms with Crippen LogP contribution in [0.15, 0.2) is 84.9 Å². The van der Waals surface area contributed by atoms with Crippen LogP contribution in [-0.2, 0) is 4.79 Å². The van der Waals surface area contributed by atoms with E-state index in [1.165, 1.54) is 6.92 Å². The molecule has 3 nitrogen and oxygen atoms in total. The molecule has 0 fully saturated rings. The third-order valence-corrected chi connectivity index (χ3v) is 5.88. The van der Waals surface area contributed by atoms with Gasteiger partial charge in [-0.3, -0.25) is 4.79 Å². The third-order valence-electron chi connectivity index (χ3n) is 5.88. The van der Waals surface area contributed by atoms with Crippen molar-refractivity contribution in [2.24, 2.45) is 0 Å². The minimum absolute atomic E-state index is 0.0440. The number of Topliss-reactive ketones (excluding diaryl/α,β-unsaturated/α-hetero) is 1. The van der Waals surface area contributed by atoms with Gasteiger partial charge >= 0.3 is 0 Å². The summed E-state index contributed by atoms with van der Waals surface area (Å²) < 4.78 is 0. The normalized spacial score (nSPS) is 13.1. The number of rotatable bonds is 6. The third kappa shape index (κ3) is 3.97. The first-order valence-corrected chi connectivity index (χ1v) is 10.5. The minimum Gasteiger partial charge on any atom is -0.507 e. The fraction of sp³-hybridized carbons (Fsp3) is 0.179. The van der Waals surface area contributed by atoms with Crippen molar-refractivity contribution in [3.8, 4) is 28.0 Å². The van der Waals surface area contributed by atoms with Crippen LogP contribution in [0.2, 0.25) is 0 Å². The summed E-state index contributed by atoms with van der Waals surface area (Å²) in [6.07, 6.45) is -0.849. The van der Waals surface area contributed by atoms with Gasteiger partial charge in [0.2, 0.25) is 0 Å². The Balaban J connectivity index is 2.10. The second-order valence-electron chi connectivity index (χ2n) is 8.05. The topological polar surface area (TPSA) is 57.5 Å². The minimum atomic E-state index is -0.893. The van der Waals surface area contributed by atoms with E-state index >= 15 is 0 Å². The van der Waals surface area contributed by atoms with E-state index in [-0.39, 0.29) is 18.0 Å². The quantitative estimate of drug-likeness (QED) is 0.391. The molecule has 156 valence electrons. The molecule has 4 aromatic carbocycles. The van der Waals surface area contributed by atoms with Crippen molar-refractivity contribution in [1.82, 2.24) is 0 Å². The second-order valence-corrected chi connectivity index (χ2v) is 8.05. The van der Waals surface area contributed by atoms with E-state index in [1.54, 1.807) is 0 Å². The zero-order valence-electron chi connectivity index (χ0n) is 17.7.